The van der Waals surface area contributed by atoms with Gasteiger partial charge in [0.1, 0.15) is 0 Å². The number of anilines is 3. The first-order valence-electron chi connectivity index (χ1n) is 18.5. The van der Waals surface area contributed by atoms with Gasteiger partial charge in [0.15, 0.2) is 0 Å². The summed E-state index contributed by atoms with van der Waals surface area (Å²) in [6, 6.07) is 73.5. The van der Waals surface area contributed by atoms with Crippen LogP contribution in [0.4, 0.5) is 17.1 Å². The fourth-order valence-electron chi connectivity index (χ4n) is 8.51. The molecule has 0 N–H and O–H groups in total. The van der Waals surface area contributed by atoms with Crippen LogP contribution in [0.15, 0.2) is 200 Å². The second-order valence-corrected chi connectivity index (χ2v) is 15.1. The third kappa shape index (κ3) is 4.92. The molecule has 252 valence electrons. The average molecular weight is 704 g/mol. The Bertz CT molecular complexity index is 3200. The van der Waals surface area contributed by atoms with Crippen LogP contribution >= 0.6 is 11.3 Å². The van der Waals surface area contributed by atoms with Crippen molar-refractivity contribution in [3.8, 4) is 22.3 Å². The summed E-state index contributed by atoms with van der Waals surface area (Å²) in [5.41, 5.74) is 8.34. The molecule has 0 aliphatic heterocycles. The highest BCUT2D eigenvalue weighted by atomic mass is 32.1. The smallest absolute Gasteiger partial charge is 0.0640 e. The van der Waals surface area contributed by atoms with E-state index in [0.717, 1.165) is 11.4 Å². The first-order valence-corrected chi connectivity index (χ1v) is 19.3. The van der Waals surface area contributed by atoms with Crippen molar-refractivity contribution < 1.29 is 0 Å². The molecule has 0 spiro atoms. The Labute approximate surface area is 317 Å². The lowest BCUT2D eigenvalue weighted by Crippen LogP contribution is -2.10. The number of hydrogen-bond donors (Lipinski definition) is 0. The lowest BCUT2D eigenvalue weighted by Gasteiger charge is -2.26. The third-order valence-electron chi connectivity index (χ3n) is 11.1. The molecule has 0 saturated heterocycles. The van der Waals surface area contributed by atoms with Gasteiger partial charge >= 0.3 is 0 Å². The topological polar surface area (TPSA) is 3.24 Å². The fraction of sp³-hybridized carbons (Fsp3) is 0. The minimum atomic E-state index is 1.12. The van der Waals surface area contributed by atoms with Crippen LogP contribution in [-0.4, -0.2) is 0 Å². The van der Waals surface area contributed by atoms with Gasteiger partial charge in [0.25, 0.3) is 0 Å². The second-order valence-electron chi connectivity index (χ2n) is 14.1. The largest absolute Gasteiger partial charge is 0.309 e. The van der Waals surface area contributed by atoms with E-state index in [0.29, 0.717) is 0 Å². The third-order valence-corrected chi connectivity index (χ3v) is 12.3. The number of hydrogen-bond acceptors (Lipinski definition) is 2. The SMILES string of the molecule is c1ccc2c(-c3ccc(N(c4ccc(-c5cccc6c5ccc5ccc7ccccc7c56)cc4)c4cccc5c4sc4ccccc45)cc3)cccc2c1. The van der Waals surface area contributed by atoms with Gasteiger partial charge in [-0.3, -0.25) is 0 Å². The van der Waals surface area contributed by atoms with Crippen molar-refractivity contribution in [2.45, 2.75) is 0 Å². The highest BCUT2D eigenvalue weighted by Crippen LogP contribution is 2.46. The molecule has 0 fully saturated rings. The summed E-state index contributed by atoms with van der Waals surface area (Å²) in [4.78, 5) is 2.43. The van der Waals surface area contributed by atoms with Gasteiger partial charge in [-0.1, -0.05) is 164 Å². The Kier molecular flexibility index (Phi) is 7.11. The molecule has 1 heterocycles. The summed E-state index contributed by atoms with van der Waals surface area (Å²) in [5.74, 6) is 0. The van der Waals surface area contributed by atoms with Crippen molar-refractivity contribution in [1.29, 1.82) is 0 Å². The van der Waals surface area contributed by atoms with E-state index in [2.05, 4.69) is 205 Å². The maximum atomic E-state index is 2.43. The van der Waals surface area contributed by atoms with Crippen molar-refractivity contribution in [2.75, 3.05) is 4.90 Å². The van der Waals surface area contributed by atoms with Crippen LogP contribution in [0.5, 0.6) is 0 Å². The van der Waals surface area contributed by atoms with Gasteiger partial charge in [-0.15, -0.1) is 11.3 Å². The zero-order valence-corrected chi connectivity index (χ0v) is 30.2. The molecule has 10 aromatic carbocycles. The first-order chi connectivity index (χ1) is 26.8. The second kappa shape index (κ2) is 12.4. The summed E-state index contributed by atoms with van der Waals surface area (Å²) >= 11 is 1.87. The Hall–Kier alpha value is -6.74. The van der Waals surface area contributed by atoms with Gasteiger partial charge in [-0.25, -0.2) is 0 Å². The number of thiophene rings is 1. The molecular weight excluding hydrogens is 671 g/mol. The summed E-state index contributed by atoms with van der Waals surface area (Å²) in [6.45, 7) is 0. The summed E-state index contributed by atoms with van der Waals surface area (Å²) < 4.78 is 2.59. The van der Waals surface area contributed by atoms with Crippen molar-refractivity contribution in [1.82, 2.24) is 0 Å². The van der Waals surface area contributed by atoms with Crippen molar-refractivity contribution in [2.24, 2.45) is 0 Å². The molecule has 0 amide bonds. The van der Waals surface area contributed by atoms with E-state index in [4.69, 9.17) is 0 Å². The molecule has 11 aromatic rings. The molecule has 0 aliphatic rings. The van der Waals surface area contributed by atoms with Gasteiger partial charge in [0.05, 0.1) is 10.4 Å². The summed E-state index contributed by atoms with van der Waals surface area (Å²) in [5, 5.41) is 12.8. The molecule has 54 heavy (non-hydrogen) atoms. The van der Waals surface area contributed by atoms with Crippen LogP contribution in [0.25, 0.3) is 85.5 Å². The maximum absolute atomic E-state index is 2.43. The standard InChI is InChI=1S/C52H33NS/c1-3-13-41-34(10-1)12-7-16-42(41)36-24-29-39(30-25-36)53(49-20-9-19-48-46-15-5-6-21-50(46)54-52(48)49)40-31-26-37(27-32-40)43-17-8-18-47-45(43)33-28-38-23-22-35-11-2-4-14-44(35)51(38)47/h1-33H. The van der Waals surface area contributed by atoms with Crippen molar-refractivity contribution in [3.05, 3.63) is 200 Å². The zero-order chi connectivity index (χ0) is 35.6. The van der Waals surface area contributed by atoms with E-state index in [-0.39, 0.29) is 0 Å². The van der Waals surface area contributed by atoms with Crippen molar-refractivity contribution in [3.63, 3.8) is 0 Å². The average Bonchev–Trinajstić information content (AvgIpc) is 3.63. The van der Waals surface area contributed by atoms with Crippen LogP contribution < -0.4 is 4.90 Å². The van der Waals surface area contributed by atoms with Crippen LogP contribution in [0.2, 0.25) is 0 Å². The number of fused-ring (bicyclic) bond motifs is 9. The highest BCUT2D eigenvalue weighted by molar-refractivity contribution is 7.26. The predicted octanol–water partition coefficient (Wildman–Crippen LogP) is 15.5. The monoisotopic (exact) mass is 703 g/mol. The normalized spacial score (nSPS) is 11.7. The zero-order valence-electron chi connectivity index (χ0n) is 29.4. The Morgan fingerprint density at radius 1 is 0.315 bits per heavy atom. The first kappa shape index (κ1) is 30.8. The Balaban J connectivity index is 1.06. The van der Waals surface area contributed by atoms with Crippen LogP contribution in [0.1, 0.15) is 0 Å². The molecule has 2 heteroatoms. The van der Waals surface area contributed by atoms with Gasteiger partial charge in [-0.05, 0) is 102 Å². The number of nitrogens with zero attached hydrogens (tertiary/aromatic N) is 1. The molecule has 0 bridgehead atoms. The van der Waals surface area contributed by atoms with Crippen LogP contribution in [0, 0.1) is 0 Å². The summed E-state index contributed by atoms with van der Waals surface area (Å²) in [6.07, 6.45) is 0. The Morgan fingerprint density at radius 2 is 0.833 bits per heavy atom. The molecule has 1 nitrogen and oxygen atoms in total. The lowest BCUT2D eigenvalue weighted by molar-refractivity contribution is 1.30. The summed E-state index contributed by atoms with van der Waals surface area (Å²) in [7, 11) is 0. The van der Waals surface area contributed by atoms with E-state index in [9.17, 15) is 0 Å². The van der Waals surface area contributed by atoms with E-state index in [1.807, 2.05) is 11.3 Å². The lowest BCUT2D eigenvalue weighted by atomic mass is 9.92. The van der Waals surface area contributed by atoms with Crippen LogP contribution in [-0.2, 0) is 0 Å². The van der Waals surface area contributed by atoms with Gasteiger partial charge in [0, 0.05) is 26.8 Å². The molecule has 11 rings (SSSR count). The molecular formula is C52H33NS. The minimum Gasteiger partial charge on any atom is -0.309 e. The fourth-order valence-corrected chi connectivity index (χ4v) is 9.71. The molecule has 0 unspecified atom stereocenters. The van der Waals surface area contributed by atoms with E-state index >= 15 is 0 Å². The molecule has 0 aliphatic carbocycles. The molecule has 0 radical (unpaired) electrons. The van der Waals surface area contributed by atoms with Crippen LogP contribution in [0.3, 0.4) is 0 Å². The quantitative estimate of drug-likeness (QED) is 0.161. The van der Waals surface area contributed by atoms with Crippen molar-refractivity contribution >= 4 is 91.7 Å². The van der Waals surface area contributed by atoms with Gasteiger partial charge in [-0.2, -0.15) is 0 Å². The highest BCUT2D eigenvalue weighted by Gasteiger charge is 2.19. The van der Waals surface area contributed by atoms with E-state index in [1.54, 1.807) is 0 Å². The number of rotatable bonds is 5. The van der Waals surface area contributed by atoms with Gasteiger partial charge in [0.2, 0.25) is 0 Å². The number of benzene rings is 10. The maximum Gasteiger partial charge on any atom is 0.0640 e. The predicted molar refractivity (Wildman–Crippen MR) is 235 cm³/mol. The molecule has 0 atom stereocenters. The van der Waals surface area contributed by atoms with E-state index in [1.165, 1.54) is 91.2 Å². The molecule has 1 aromatic heterocycles. The minimum absolute atomic E-state index is 1.12. The Morgan fingerprint density at radius 3 is 1.59 bits per heavy atom. The molecule has 0 saturated carbocycles. The van der Waals surface area contributed by atoms with E-state index < -0.39 is 0 Å². The van der Waals surface area contributed by atoms with Gasteiger partial charge < -0.3 is 4.90 Å².